The number of hydrogen-bond acceptors (Lipinski definition) is 5. The average molecular weight is 502 g/mol. The van der Waals surface area contributed by atoms with E-state index in [1.54, 1.807) is 12.4 Å². The SMILES string of the molecule is Cc1nc2c(F)cc(-c3nc(NC4CCC(Cn5cc(Cl)cn5)C4)ncc3Cl)cc2n1C(C)C. The molecule has 4 aromatic rings. The van der Waals surface area contributed by atoms with Gasteiger partial charge in [-0.05, 0) is 58.1 Å². The summed E-state index contributed by atoms with van der Waals surface area (Å²) in [5.41, 5.74) is 2.18. The number of nitrogens with zero attached hydrogens (tertiary/aromatic N) is 6. The van der Waals surface area contributed by atoms with Crippen molar-refractivity contribution < 1.29 is 4.39 Å². The molecule has 2 atom stereocenters. The molecule has 1 aliphatic carbocycles. The van der Waals surface area contributed by atoms with Crippen LogP contribution in [0.2, 0.25) is 10.0 Å². The Balaban J connectivity index is 1.38. The van der Waals surface area contributed by atoms with Gasteiger partial charge in [-0.3, -0.25) is 4.68 Å². The van der Waals surface area contributed by atoms with Gasteiger partial charge < -0.3 is 9.88 Å². The fourth-order valence-electron chi connectivity index (χ4n) is 4.95. The van der Waals surface area contributed by atoms with Crippen molar-refractivity contribution >= 4 is 40.2 Å². The molecule has 0 radical (unpaired) electrons. The predicted octanol–water partition coefficient (Wildman–Crippen LogP) is 6.31. The van der Waals surface area contributed by atoms with E-state index in [0.29, 0.717) is 38.7 Å². The van der Waals surface area contributed by atoms with E-state index in [-0.39, 0.29) is 12.1 Å². The Kier molecular flexibility index (Phi) is 6.20. The van der Waals surface area contributed by atoms with E-state index in [2.05, 4.69) is 25.4 Å². The molecule has 2 unspecified atom stereocenters. The minimum Gasteiger partial charge on any atom is -0.351 e. The van der Waals surface area contributed by atoms with Gasteiger partial charge in [-0.25, -0.2) is 19.3 Å². The quantitative estimate of drug-likeness (QED) is 0.335. The van der Waals surface area contributed by atoms with Crippen LogP contribution in [-0.4, -0.2) is 35.3 Å². The smallest absolute Gasteiger partial charge is 0.223 e. The van der Waals surface area contributed by atoms with Gasteiger partial charge >= 0.3 is 0 Å². The summed E-state index contributed by atoms with van der Waals surface area (Å²) in [7, 11) is 0. The zero-order chi connectivity index (χ0) is 24.0. The fraction of sp³-hybridized carbons (Fsp3) is 0.417. The third-order valence-electron chi connectivity index (χ3n) is 6.38. The molecule has 178 valence electrons. The van der Waals surface area contributed by atoms with E-state index in [4.69, 9.17) is 23.2 Å². The summed E-state index contributed by atoms with van der Waals surface area (Å²) >= 11 is 12.4. The van der Waals surface area contributed by atoms with Gasteiger partial charge in [0.15, 0.2) is 5.82 Å². The first kappa shape index (κ1) is 23.1. The van der Waals surface area contributed by atoms with Gasteiger partial charge in [-0.2, -0.15) is 5.10 Å². The Morgan fingerprint density at radius 1 is 1.18 bits per heavy atom. The van der Waals surface area contributed by atoms with Gasteiger partial charge in [-0.1, -0.05) is 23.2 Å². The maximum atomic E-state index is 15.0. The van der Waals surface area contributed by atoms with Gasteiger partial charge in [0.1, 0.15) is 11.3 Å². The highest BCUT2D eigenvalue weighted by Crippen LogP contribution is 2.33. The molecule has 0 aliphatic heterocycles. The van der Waals surface area contributed by atoms with Crippen molar-refractivity contribution in [1.29, 1.82) is 0 Å². The first-order chi connectivity index (χ1) is 16.3. The second-order valence-electron chi connectivity index (χ2n) is 9.24. The third kappa shape index (κ3) is 4.49. The van der Waals surface area contributed by atoms with Crippen LogP contribution < -0.4 is 5.32 Å². The number of rotatable bonds is 6. The average Bonchev–Trinajstić information content (AvgIpc) is 3.48. The molecule has 0 spiro atoms. The number of nitrogens with one attached hydrogen (secondary N) is 1. The van der Waals surface area contributed by atoms with Gasteiger partial charge in [-0.15, -0.1) is 0 Å². The molecule has 1 aromatic carbocycles. The molecule has 7 nitrogen and oxygen atoms in total. The minimum absolute atomic E-state index is 0.144. The van der Waals surface area contributed by atoms with Crippen LogP contribution in [0.1, 0.15) is 45.0 Å². The number of aromatic nitrogens is 6. The summed E-state index contributed by atoms with van der Waals surface area (Å²) in [6.45, 7) is 6.82. The Morgan fingerprint density at radius 2 is 2.00 bits per heavy atom. The van der Waals surface area contributed by atoms with E-state index in [9.17, 15) is 4.39 Å². The second kappa shape index (κ2) is 9.15. The highest BCUT2D eigenvalue weighted by atomic mass is 35.5. The molecular weight excluding hydrogens is 476 g/mol. The molecule has 34 heavy (non-hydrogen) atoms. The predicted molar refractivity (Wildman–Crippen MR) is 133 cm³/mol. The van der Waals surface area contributed by atoms with Gasteiger partial charge in [0.05, 0.1) is 33.6 Å². The van der Waals surface area contributed by atoms with E-state index in [1.807, 2.05) is 42.3 Å². The zero-order valence-corrected chi connectivity index (χ0v) is 20.8. The monoisotopic (exact) mass is 501 g/mol. The number of hydrogen-bond donors (Lipinski definition) is 1. The van der Waals surface area contributed by atoms with Crippen LogP contribution >= 0.6 is 23.2 Å². The molecular formula is C24H26Cl2FN7. The number of fused-ring (bicyclic) bond motifs is 1. The molecule has 5 rings (SSSR count). The Morgan fingerprint density at radius 3 is 2.74 bits per heavy atom. The highest BCUT2D eigenvalue weighted by Gasteiger charge is 2.26. The molecule has 1 aliphatic rings. The normalized spacial score (nSPS) is 18.3. The number of anilines is 1. The summed E-state index contributed by atoms with van der Waals surface area (Å²) in [6.07, 6.45) is 8.14. The lowest BCUT2D eigenvalue weighted by atomic mass is 10.1. The Bertz CT molecular complexity index is 1350. The highest BCUT2D eigenvalue weighted by molar-refractivity contribution is 6.33. The van der Waals surface area contributed by atoms with Crippen LogP contribution in [-0.2, 0) is 6.54 Å². The first-order valence-corrected chi connectivity index (χ1v) is 12.2. The summed E-state index contributed by atoms with van der Waals surface area (Å²) in [6, 6.07) is 3.73. The van der Waals surface area contributed by atoms with Gasteiger partial charge in [0, 0.05) is 30.4 Å². The van der Waals surface area contributed by atoms with Crippen LogP contribution in [0, 0.1) is 18.7 Å². The summed E-state index contributed by atoms with van der Waals surface area (Å²) in [5, 5.41) is 8.74. The van der Waals surface area contributed by atoms with Crippen LogP contribution in [0.15, 0.2) is 30.7 Å². The first-order valence-electron chi connectivity index (χ1n) is 11.4. The molecule has 10 heteroatoms. The Labute approximate surface area is 207 Å². The molecule has 0 bridgehead atoms. The minimum atomic E-state index is -0.392. The van der Waals surface area contributed by atoms with Crippen molar-refractivity contribution in [3.05, 3.63) is 52.4 Å². The van der Waals surface area contributed by atoms with Crippen molar-refractivity contribution in [1.82, 2.24) is 29.3 Å². The third-order valence-corrected chi connectivity index (χ3v) is 6.85. The molecule has 1 fully saturated rings. The largest absolute Gasteiger partial charge is 0.351 e. The van der Waals surface area contributed by atoms with Crippen LogP contribution in [0.5, 0.6) is 0 Å². The second-order valence-corrected chi connectivity index (χ2v) is 10.1. The van der Waals surface area contributed by atoms with Crippen molar-refractivity contribution in [3.63, 3.8) is 0 Å². The summed E-state index contributed by atoms with van der Waals surface area (Å²) < 4.78 is 18.9. The standard InChI is InChI=1S/C24H26Cl2FN7/c1-13(2)34-14(3)30-23-20(27)7-16(8-21(23)34)22-19(26)10-28-24(32-22)31-18-5-4-15(6-18)11-33-12-17(25)9-29-33/h7-10,12-13,15,18H,4-6,11H2,1-3H3,(H,28,31,32). The fourth-order valence-corrected chi connectivity index (χ4v) is 5.31. The van der Waals surface area contributed by atoms with Crippen molar-refractivity contribution in [3.8, 4) is 11.3 Å². The number of benzene rings is 1. The Hall–Kier alpha value is -2.71. The number of aryl methyl sites for hydroxylation is 1. The lowest BCUT2D eigenvalue weighted by molar-refractivity contribution is 0.426. The lowest BCUT2D eigenvalue weighted by Crippen LogP contribution is -2.18. The van der Waals surface area contributed by atoms with E-state index >= 15 is 0 Å². The maximum Gasteiger partial charge on any atom is 0.223 e. The van der Waals surface area contributed by atoms with Crippen LogP contribution in [0.25, 0.3) is 22.3 Å². The molecule has 1 N–H and O–H groups in total. The van der Waals surface area contributed by atoms with Crippen molar-refractivity contribution in [2.45, 2.75) is 58.7 Å². The molecule has 1 saturated carbocycles. The van der Waals surface area contributed by atoms with Crippen LogP contribution in [0.4, 0.5) is 10.3 Å². The molecule has 3 heterocycles. The van der Waals surface area contributed by atoms with Gasteiger partial charge in [0.25, 0.3) is 0 Å². The number of halogens is 3. The topological polar surface area (TPSA) is 73.5 Å². The zero-order valence-electron chi connectivity index (χ0n) is 19.3. The molecule has 0 amide bonds. The van der Waals surface area contributed by atoms with Crippen molar-refractivity contribution in [2.75, 3.05) is 5.32 Å². The van der Waals surface area contributed by atoms with E-state index < -0.39 is 5.82 Å². The van der Waals surface area contributed by atoms with E-state index in [1.165, 1.54) is 6.07 Å². The van der Waals surface area contributed by atoms with Gasteiger partial charge in [0.2, 0.25) is 5.95 Å². The van der Waals surface area contributed by atoms with Crippen molar-refractivity contribution in [2.24, 2.45) is 5.92 Å². The molecule has 3 aromatic heterocycles. The summed E-state index contributed by atoms with van der Waals surface area (Å²) in [4.78, 5) is 13.4. The number of imidazole rings is 1. The van der Waals surface area contributed by atoms with E-state index in [0.717, 1.165) is 37.1 Å². The summed E-state index contributed by atoms with van der Waals surface area (Å²) in [5.74, 6) is 1.36. The molecule has 0 saturated heterocycles. The maximum absolute atomic E-state index is 15.0. The lowest BCUT2D eigenvalue weighted by Gasteiger charge is -2.15. The van der Waals surface area contributed by atoms with Crippen LogP contribution in [0.3, 0.4) is 0 Å².